The lowest BCUT2D eigenvalue weighted by molar-refractivity contribution is 0.00814. The van der Waals surface area contributed by atoms with E-state index in [9.17, 15) is 0 Å². The van der Waals surface area contributed by atoms with E-state index in [0.29, 0.717) is 5.54 Å². The maximum atomic E-state index is 6.24. The van der Waals surface area contributed by atoms with Gasteiger partial charge in [0.05, 0.1) is 0 Å². The summed E-state index contributed by atoms with van der Waals surface area (Å²) in [6, 6.07) is 0. The SMILES string of the molecule is CN(C)C12CCC(N)(CC1)CC2. The summed E-state index contributed by atoms with van der Waals surface area (Å²) in [5.41, 5.74) is 6.97. The van der Waals surface area contributed by atoms with Crippen LogP contribution in [0.2, 0.25) is 0 Å². The molecule has 3 saturated carbocycles. The Bertz CT molecular complexity index is 162. The van der Waals surface area contributed by atoms with Crippen molar-refractivity contribution in [1.29, 1.82) is 0 Å². The molecule has 2 N–H and O–H groups in total. The van der Waals surface area contributed by atoms with Gasteiger partial charge in [0.2, 0.25) is 0 Å². The lowest BCUT2D eigenvalue weighted by Crippen LogP contribution is -2.59. The van der Waals surface area contributed by atoms with Crippen molar-refractivity contribution in [2.45, 2.75) is 49.6 Å². The molecule has 0 aromatic heterocycles. The van der Waals surface area contributed by atoms with Gasteiger partial charge in [-0.2, -0.15) is 0 Å². The van der Waals surface area contributed by atoms with Gasteiger partial charge in [0, 0.05) is 11.1 Å². The molecule has 12 heavy (non-hydrogen) atoms. The first-order valence-electron chi connectivity index (χ1n) is 5.03. The zero-order valence-corrected chi connectivity index (χ0v) is 8.27. The summed E-state index contributed by atoms with van der Waals surface area (Å²) < 4.78 is 0. The van der Waals surface area contributed by atoms with Gasteiger partial charge >= 0.3 is 0 Å². The summed E-state index contributed by atoms with van der Waals surface area (Å²) in [4.78, 5) is 2.42. The fraction of sp³-hybridized carbons (Fsp3) is 1.00. The van der Waals surface area contributed by atoms with Crippen molar-refractivity contribution in [3.8, 4) is 0 Å². The largest absolute Gasteiger partial charge is 0.325 e. The topological polar surface area (TPSA) is 29.3 Å². The Morgan fingerprint density at radius 2 is 1.33 bits per heavy atom. The minimum absolute atomic E-state index is 0.220. The molecule has 0 radical (unpaired) electrons. The van der Waals surface area contributed by atoms with Gasteiger partial charge in [-0.15, -0.1) is 0 Å². The highest BCUT2D eigenvalue weighted by Crippen LogP contribution is 2.47. The highest BCUT2D eigenvalue weighted by atomic mass is 15.2. The van der Waals surface area contributed by atoms with Crippen LogP contribution in [-0.2, 0) is 0 Å². The Morgan fingerprint density at radius 3 is 1.67 bits per heavy atom. The van der Waals surface area contributed by atoms with Gasteiger partial charge in [0.25, 0.3) is 0 Å². The van der Waals surface area contributed by atoms with Crippen LogP contribution in [0.5, 0.6) is 0 Å². The van der Waals surface area contributed by atoms with Crippen molar-refractivity contribution in [1.82, 2.24) is 4.90 Å². The normalized spacial score (nSPS) is 47.0. The molecule has 3 aliphatic carbocycles. The number of hydrogen-bond acceptors (Lipinski definition) is 2. The molecule has 0 atom stereocenters. The lowest BCUT2D eigenvalue weighted by Gasteiger charge is -2.54. The molecular formula is C10H20N2. The van der Waals surface area contributed by atoms with Crippen molar-refractivity contribution in [3.05, 3.63) is 0 Å². The van der Waals surface area contributed by atoms with Gasteiger partial charge < -0.3 is 10.6 Å². The highest BCUT2D eigenvalue weighted by molar-refractivity contribution is 5.06. The molecule has 0 unspecified atom stereocenters. The van der Waals surface area contributed by atoms with Crippen LogP contribution in [-0.4, -0.2) is 30.1 Å². The van der Waals surface area contributed by atoms with Crippen LogP contribution in [0.25, 0.3) is 0 Å². The molecule has 0 saturated heterocycles. The van der Waals surface area contributed by atoms with Crippen molar-refractivity contribution < 1.29 is 0 Å². The summed E-state index contributed by atoms with van der Waals surface area (Å²) in [6.07, 6.45) is 7.67. The third kappa shape index (κ3) is 1.09. The molecule has 0 heterocycles. The van der Waals surface area contributed by atoms with E-state index in [0.717, 1.165) is 0 Å². The van der Waals surface area contributed by atoms with E-state index in [4.69, 9.17) is 5.73 Å². The summed E-state index contributed by atoms with van der Waals surface area (Å²) >= 11 is 0. The van der Waals surface area contributed by atoms with Gasteiger partial charge in [-0.05, 0) is 52.6 Å². The minimum Gasteiger partial charge on any atom is -0.325 e. The Labute approximate surface area is 75.1 Å². The molecule has 0 aromatic rings. The van der Waals surface area contributed by atoms with Gasteiger partial charge in [-0.1, -0.05) is 0 Å². The van der Waals surface area contributed by atoms with Crippen molar-refractivity contribution >= 4 is 0 Å². The van der Waals surface area contributed by atoms with Crippen molar-refractivity contribution in [2.24, 2.45) is 5.73 Å². The molecule has 0 amide bonds. The van der Waals surface area contributed by atoms with E-state index in [1.54, 1.807) is 0 Å². The van der Waals surface area contributed by atoms with E-state index in [1.807, 2.05) is 0 Å². The van der Waals surface area contributed by atoms with Gasteiger partial charge in [0.1, 0.15) is 0 Å². The van der Waals surface area contributed by atoms with Crippen molar-refractivity contribution in [3.63, 3.8) is 0 Å². The maximum Gasteiger partial charge on any atom is 0.0205 e. The number of fused-ring (bicyclic) bond motifs is 3. The zero-order valence-electron chi connectivity index (χ0n) is 8.27. The first-order valence-corrected chi connectivity index (χ1v) is 5.03. The fourth-order valence-corrected chi connectivity index (χ4v) is 2.87. The monoisotopic (exact) mass is 168 g/mol. The van der Waals surface area contributed by atoms with E-state index >= 15 is 0 Å². The maximum absolute atomic E-state index is 6.24. The smallest absolute Gasteiger partial charge is 0.0205 e. The van der Waals surface area contributed by atoms with E-state index in [2.05, 4.69) is 19.0 Å². The Morgan fingerprint density at radius 1 is 0.917 bits per heavy atom. The van der Waals surface area contributed by atoms with Crippen LogP contribution in [0.1, 0.15) is 38.5 Å². The van der Waals surface area contributed by atoms with Crippen LogP contribution < -0.4 is 5.73 Å². The predicted molar refractivity (Wildman–Crippen MR) is 51.0 cm³/mol. The standard InChI is InChI=1S/C10H20N2/c1-12(2)10-6-3-9(11,4-7-10)5-8-10/h3-8,11H2,1-2H3. The number of nitrogens with zero attached hydrogens (tertiary/aromatic N) is 1. The molecule has 70 valence electrons. The molecule has 2 nitrogen and oxygen atoms in total. The van der Waals surface area contributed by atoms with Crippen LogP contribution >= 0.6 is 0 Å². The van der Waals surface area contributed by atoms with Crippen LogP contribution in [0.15, 0.2) is 0 Å². The van der Waals surface area contributed by atoms with Crippen LogP contribution in [0.3, 0.4) is 0 Å². The number of rotatable bonds is 1. The first kappa shape index (κ1) is 8.52. The predicted octanol–water partition coefficient (Wildman–Crippen LogP) is 1.35. The third-order valence-corrected chi connectivity index (χ3v) is 4.21. The quantitative estimate of drug-likeness (QED) is 0.640. The number of hydrogen-bond donors (Lipinski definition) is 1. The summed E-state index contributed by atoms with van der Waals surface area (Å²) in [5, 5.41) is 0. The molecule has 3 fully saturated rings. The Hall–Kier alpha value is -0.0800. The fourth-order valence-electron chi connectivity index (χ4n) is 2.87. The first-order chi connectivity index (χ1) is 5.56. The van der Waals surface area contributed by atoms with E-state index in [1.165, 1.54) is 38.5 Å². The molecule has 2 bridgehead atoms. The average molecular weight is 168 g/mol. The molecular weight excluding hydrogens is 148 g/mol. The highest BCUT2D eigenvalue weighted by Gasteiger charge is 2.47. The molecule has 0 spiro atoms. The van der Waals surface area contributed by atoms with Crippen LogP contribution in [0, 0.1) is 0 Å². The second-order valence-electron chi connectivity index (χ2n) is 4.98. The minimum atomic E-state index is 0.220. The van der Waals surface area contributed by atoms with Gasteiger partial charge in [-0.3, -0.25) is 0 Å². The molecule has 3 rings (SSSR count). The zero-order chi connectivity index (χ0) is 8.82. The van der Waals surface area contributed by atoms with Crippen molar-refractivity contribution in [2.75, 3.05) is 14.1 Å². The van der Waals surface area contributed by atoms with Crippen LogP contribution in [0.4, 0.5) is 0 Å². The molecule has 0 aliphatic heterocycles. The van der Waals surface area contributed by atoms with E-state index < -0.39 is 0 Å². The second kappa shape index (κ2) is 2.46. The van der Waals surface area contributed by atoms with Gasteiger partial charge in [0.15, 0.2) is 0 Å². The average Bonchev–Trinajstić information content (AvgIpc) is 2.06. The number of nitrogens with two attached hydrogens (primary N) is 1. The molecule has 3 aliphatic rings. The summed E-state index contributed by atoms with van der Waals surface area (Å²) in [6.45, 7) is 0. The van der Waals surface area contributed by atoms with E-state index in [-0.39, 0.29) is 5.54 Å². The van der Waals surface area contributed by atoms with Gasteiger partial charge in [-0.25, -0.2) is 0 Å². The summed E-state index contributed by atoms with van der Waals surface area (Å²) in [7, 11) is 4.43. The molecule has 2 heteroatoms. The third-order valence-electron chi connectivity index (χ3n) is 4.21. The summed E-state index contributed by atoms with van der Waals surface area (Å²) in [5.74, 6) is 0. The Kier molecular flexibility index (Phi) is 1.74. The lowest BCUT2D eigenvalue weighted by atomic mass is 9.61. The second-order valence-corrected chi connectivity index (χ2v) is 4.98. The molecule has 0 aromatic carbocycles. The Balaban J connectivity index is 2.14.